The van der Waals surface area contributed by atoms with Gasteiger partial charge in [0.15, 0.2) is 5.76 Å². The van der Waals surface area contributed by atoms with Gasteiger partial charge in [0, 0.05) is 5.56 Å². The summed E-state index contributed by atoms with van der Waals surface area (Å²) in [5, 5.41) is 11.5. The number of aryl methyl sites for hydroxylation is 1. The number of amides is 1. The van der Waals surface area contributed by atoms with E-state index in [2.05, 4.69) is 5.32 Å². The van der Waals surface area contributed by atoms with E-state index in [-0.39, 0.29) is 11.7 Å². The third-order valence-corrected chi connectivity index (χ3v) is 2.38. The van der Waals surface area contributed by atoms with Gasteiger partial charge in [0.25, 0.3) is 5.91 Å². The molecule has 1 unspecified atom stereocenters. The summed E-state index contributed by atoms with van der Waals surface area (Å²) in [6.07, 6.45) is 1.79. The van der Waals surface area contributed by atoms with Gasteiger partial charge in [-0.25, -0.2) is 4.79 Å². The Bertz CT molecular complexity index is 408. The average molecular weight is 239 g/mol. The van der Waals surface area contributed by atoms with Crippen LogP contribution < -0.4 is 5.32 Å². The van der Waals surface area contributed by atoms with Crippen molar-refractivity contribution in [2.75, 3.05) is 0 Å². The van der Waals surface area contributed by atoms with Gasteiger partial charge in [-0.15, -0.1) is 0 Å². The zero-order chi connectivity index (χ0) is 13.0. The monoisotopic (exact) mass is 239 g/mol. The molecule has 0 aliphatic carbocycles. The minimum Gasteiger partial charge on any atom is -0.480 e. The zero-order valence-corrected chi connectivity index (χ0v) is 10.2. The minimum atomic E-state index is -1.03. The van der Waals surface area contributed by atoms with Gasteiger partial charge in [-0.05, 0) is 25.3 Å². The Labute approximate surface area is 99.8 Å². The first-order valence-corrected chi connectivity index (χ1v) is 5.49. The molecule has 1 aromatic heterocycles. The first-order chi connectivity index (χ1) is 7.91. The lowest BCUT2D eigenvalue weighted by atomic mass is 10.0. The van der Waals surface area contributed by atoms with E-state index in [9.17, 15) is 9.59 Å². The van der Waals surface area contributed by atoms with E-state index in [1.165, 1.54) is 6.26 Å². The molecule has 94 valence electrons. The molecule has 0 spiro atoms. The largest absolute Gasteiger partial charge is 0.480 e. The molecule has 1 aromatic rings. The van der Waals surface area contributed by atoms with Crippen molar-refractivity contribution in [2.45, 2.75) is 33.2 Å². The Balaban J connectivity index is 2.71. The maximum Gasteiger partial charge on any atom is 0.326 e. The fourth-order valence-corrected chi connectivity index (χ4v) is 1.52. The molecule has 0 radical (unpaired) electrons. The molecule has 0 saturated carbocycles. The number of rotatable bonds is 5. The minimum absolute atomic E-state index is 0.167. The quantitative estimate of drug-likeness (QED) is 0.821. The normalized spacial score (nSPS) is 12.5. The van der Waals surface area contributed by atoms with Crippen LogP contribution in [0.5, 0.6) is 0 Å². The molecule has 5 heteroatoms. The van der Waals surface area contributed by atoms with Gasteiger partial charge in [0.05, 0.1) is 6.26 Å². The van der Waals surface area contributed by atoms with Crippen LogP contribution in [0.2, 0.25) is 0 Å². The van der Waals surface area contributed by atoms with Crippen molar-refractivity contribution in [1.29, 1.82) is 0 Å². The second-order valence-corrected chi connectivity index (χ2v) is 4.43. The van der Waals surface area contributed by atoms with Crippen LogP contribution in [0.1, 0.15) is 36.4 Å². The average Bonchev–Trinajstić information content (AvgIpc) is 2.62. The molecule has 1 rings (SSSR count). The van der Waals surface area contributed by atoms with Crippen LogP contribution in [0.4, 0.5) is 0 Å². The van der Waals surface area contributed by atoms with E-state index in [1.807, 2.05) is 13.8 Å². The van der Waals surface area contributed by atoms with Crippen LogP contribution in [0.15, 0.2) is 16.7 Å². The number of furan rings is 1. The fourth-order valence-electron chi connectivity index (χ4n) is 1.52. The van der Waals surface area contributed by atoms with Crippen molar-refractivity contribution >= 4 is 11.9 Å². The molecule has 17 heavy (non-hydrogen) atoms. The van der Waals surface area contributed by atoms with E-state index in [1.54, 1.807) is 13.0 Å². The molecule has 2 N–H and O–H groups in total. The van der Waals surface area contributed by atoms with Crippen LogP contribution >= 0.6 is 0 Å². The van der Waals surface area contributed by atoms with Gasteiger partial charge in [-0.1, -0.05) is 13.8 Å². The lowest BCUT2D eigenvalue weighted by molar-refractivity contribution is -0.139. The van der Waals surface area contributed by atoms with Crippen LogP contribution in [-0.2, 0) is 4.79 Å². The Kier molecular flexibility index (Phi) is 4.31. The molecule has 5 nitrogen and oxygen atoms in total. The Morgan fingerprint density at radius 1 is 1.47 bits per heavy atom. The number of carboxylic acids is 1. The number of carbonyl (C=O) groups excluding carboxylic acids is 1. The number of hydrogen-bond donors (Lipinski definition) is 2. The Morgan fingerprint density at radius 3 is 2.53 bits per heavy atom. The van der Waals surface area contributed by atoms with Gasteiger partial charge in [-0.2, -0.15) is 0 Å². The number of carbonyl (C=O) groups is 2. The van der Waals surface area contributed by atoms with Gasteiger partial charge in [-0.3, -0.25) is 4.79 Å². The predicted octanol–water partition coefficient (Wildman–Crippen LogP) is 1.82. The highest BCUT2D eigenvalue weighted by Gasteiger charge is 2.23. The number of carboxylic acid groups (broad SMARTS) is 1. The topological polar surface area (TPSA) is 79.5 Å². The molecule has 0 aliphatic heterocycles. The molecule has 0 aromatic carbocycles. The van der Waals surface area contributed by atoms with Crippen molar-refractivity contribution in [2.24, 2.45) is 5.92 Å². The second-order valence-electron chi connectivity index (χ2n) is 4.43. The molecule has 1 amide bonds. The third kappa shape index (κ3) is 3.62. The van der Waals surface area contributed by atoms with E-state index in [0.29, 0.717) is 12.0 Å². The smallest absolute Gasteiger partial charge is 0.326 e. The fraction of sp³-hybridized carbons (Fsp3) is 0.500. The number of aliphatic carboxylic acids is 1. The molecule has 1 heterocycles. The third-order valence-electron chi connectivity index (χ3n) is 2.38. The summed E-state index contributed by atoms with van der Waals surface area (Å²) in [4.78, 5) is 22.7. The van der Waals surface area contributed by atoms with Crippen LogP contribution in [0.25, 0.3) is 0 Å². The van der Waals surface area contributed by atoms with E-state index in [0.717, 1.165) is 0 Å². The maximum absolute atomic E-state index is 11.8. The van der Waals surface area contributed by atoms with Gasteiger partial charge in [0.1, 0.15) is 6.04 Å². The highest BCUT2D eigenvalue weighted by molar-refractivity contribution is 5.95. The summed E-state index contributed by atoms with van der Waals surface area (Å²) in [6, 6.07) is 0.777. The second kappa shape index (κ2) is 5.52. The molecule has 0 bridgehead atoms. The predicted molar refractivity (Wildman–Crippen MR) is 61.8 cm³/mol. The zero-order valence-electron chi connectivity index (χ0n) is 10.2. The highest BCUT2D eigenvalue weighted by Crippen LogP contribution is 2.10. The lowest BCUT2D eigenvalue weighted by Gasteiger charge is -2.15. The molecule has 0 aliphatic rings. The highest BCUT2D eigenvalue weighted by atomic mass is 16.4. The summed E-state index contributed by atoms with van der Waals surface area (Å²) in [7, 11) is 0. The number of hydrogen-bond acceptors (Lipinski definition) is 3. The van der Waals surface area contributed by atoms with Crippen molar-refractivity contribution in [1.82, 2.24) is 5.32 Å². The standard InChI is InChI=1S/C12H17NO4/c1-7(2)6-9(12(15)16)13-11(14)10-8(3)4-5-17-10/h4-5,7,9H,6H2,1-3H3,(H,13,14)(H,15,16). The summed E-state index contributed by atoms with van der Waals surface area (Å²) < 4.78 is 5.01. The molecule has 0 fully saturated rings. The van der Waals surface area contributed by atoms with Crippen molar-refractivity contribution in [3.63, 3.8) is 0 Å². The summed E-state index contributed by atoms with van der Waals surface area (Å²) in [6.45, 7) is 5.54. The maximum atomic E-state index is 11.8. The van der Waals surface area contributed by atoms with Crippen molar-refractivity contribution < 1.29 is 19.1 Å². The first kappa shape index (κ1) is 13.3. The summed E-state index contributed by atoms with van der Waals surface area (Å²) >= 11 is 0. The lowest BCUT2D eigenvalue weighted by Crippen LogP contribution is -2.41. The van der Waals surface area contributed by atoms with Gasteiger partial charge in [0.2, 0.25) is 0 Å². The molecule has 1 atom stereocenters. The van der Waals surface area contributed by atoms with Crippen LogP contribution in [-0.4, -0.2) is 23.0 Å². The first-order valence-electron chi connectivity index (χ1n) is 5.49. The molecular weight excluding hydrogens is 222 g/mol. The van der Waals surface area contributed by atoms with Crippen molar-refractivity contribution in [3.05, 3.63) is 23.7 Å². The van der Waals surface area contributed by atoms with Crippen molar-refractivity contribution in [3.8, 4) is 0 Å². The van der Waals surface area contributed by atoms with Gasteiger partial charge < -0.3 is 14.8 Å². The van der Waals surface area contributed by atoms with E-state index < -0.39 is 17.9 Å². The Hall–Kier alpha value is -1.78. The summed E-state index contributed by atoms with van der Waals surface area (Å²) in [5.74, 6) is -1.16. The SMILES string of the molecule is Cc1ccoc1C(=O)NC(CC(C)C)C(=O)O. The summed E-state index contributed by atoms with van der Waals surface area (Å²) in [5.41, 5.74) is 0.691. The molecule has 0 saturated heterocycles. The van der Waals surface area contributed by atoms with Crippen LogP contribution in [0, 0.1) is 12.8 Å². The van der Waals surface area contributed by atoms with E-state index in [4.69, 9.17) is 9.52 Å². The number of nitrogens with one attached hydrogen (secondary N) is 1. The van der Waals surface area contributed by atoms with Crippen LogP contribution in [0.3, 0.4) is 0 Å². The Morgan fingerprint density at radius 2 is 2.12 bits per heavy atom. The molecular formula is C12H17NO4. The van der Waals surface area contributed by atoms with E-state index >= 15 is 0 Å². The van der Waals surface area contributed by atoms with Gasteiger partial charge >= 0.3 is 5.97 Å².